The number of aryl methyl sites for hydroxylation is 1. The van der Waals surface area contributed by atoms with Gasteiger partial charge in [0, 0.05) is 0 Å². The molecule has 0 unspecified atom stereocenters. The Labute approximate surface area is 106 Å². The maximum atomic E-state index is 12.0. The Balaban J connectivity index is 2.51. The zero-order valence-corrected chi connectivity index (χ0v) is 10.9. The molecule has 1 aromatic carbocycles. The third kappa shape index (κ3) is 2.17. The molecule has 92 valence electrons. The van der Waals surface area contributed by atoms with Crippen LogP contribution in [0.15, 0.2) is 6.07 Å². The highest BCUT2D eigenvalue weighted by Crippen LogP contribution is 2.38. The van der Waals surface area contributed by atoms with E-state index >= 15 is 0 Å². The lowest BCUT2D eigenvalue weighted by molar-refractivity contribution is 0.0990. The summed E-state index contributed by atoms with van der Waals surface area (Å²) in [5.41, 5.74) is 2.92. The van der Waals surface area contributed by atoms with Crippen molar-refractivity contribution in [3.8, 4) is 5.75 Å². The fraction of sp³-hybridized carbons (Fsp3) is 0.462. The lowest BCUT2D eigenvalue weighted by Crippen LogP contribution is -2.19. The number of carbonyl (C=O) groups is 1. The molecule has 0 saturated carbocycles. The Morgan fingerprint density at radius 3 is 2.94 bits per heavy atom. The predicted octanol–water partition coefficient (Wildman–Crippen LogP) is 2.24. The lowest BCUT2D eigenvalue weighted by Gasteiger charge is -2.13. The van der Waals surface area contributed by atoms with Crippen molar-refractivity contribution < 1.29 is 9.53 Å². The molecule has 0 spiro atoms. The number of halogens is 1. The molecule has 2 rings (SSSR count). The molecular formula is C13H16ClNO2. The number of ether oxygens (including phenoxy) is 1. The van der Waals surface area contributed by atoms with Gasteiger partial charge < -0.3 is 10.1 Å². The predicted molar refractivity (Wildman–Crippen MR) is 68.3 cm³/mol. The van der Waals surface area contributed by atoms with Crippen molar-refractivity contribution in [2.45, 2.75) is 19.3 Å². The minimum absolute atomic E-state index is 0.0148. The molecule has 17 heavy (non-hydrogen) atoms. The summed E-state index contributed by atoms with van der Waals surface area (Å²) >= 11 is 6.31. The standard InChI is InChI=1S/C13H16ClNO2/c1-15-7-11(16)10-6-8-4-3-5-9(8)12(14)13(10)17-2/h6,15H,3-5,7H2,1-2H3. The number of carbonyl (C=O) groups excluding carboxylic acids is 1. The minimum Gasteiger partial charge on any atom is -0.494 e. The van der Waals surface area contributed by atoms with Gasteiger partial charge in [-0.05, 0) is 43.5 Å². The average Bonchev–Trinajstić information content (AvgIpc) is 2.77. The second-order valence-corrected chi connectivity index (χ2v) is 4.59. The van der Waals surface area contributed by atoms with E-state index in [1.165, 1.54) is 5.56 Å². The first kappa shape index (κ1) is 12.4. The number of hydrogen-bond donors (Lipinski definition) is 1. The molecule has 0 saturated heterocycles. The normalized spacial score (nSPS) is 13.6. The fourth-order valence-electron chi connectivity index (χ4n) is 2.33. The van der Waals surface area contributed by atoms with E-state index in [0.29, 0.717) is 22.9 Å². The van der Waals surface area contributed by atoms with Gasteiger partial charge in [-0.1, -0.05) is 11.6 Å². The summed E-state index contributed by atoms with van der Waals surface area (Å²) in [5, 5.41) is 3.47. The summed E-state index contributed by atoms with van der Waals surface area (Å²) < 4.78 is 5.29. The smallest absolute Gasteiger partial charge is 0.180 e. The van der Waals surface area contributed by atoms with Crippen LogP contribution < -0.4 is 10.1 Å². The number of fused-ring (bicyclic) bond motifs is 1. The number of methoxy groups -OCH3 is 1. The molecule has 0 aliphatic heterocycles. The van der Waals surface area contributed by atoms with Gasteiger partial charge in [-0.2, -0.15) is 0 Å². The fourth-order valence-corrected chi connectivity index (χ4v) is 2.73. The Hall–Kier alpha value is -1.06. The largest absolute Gasteiger partial charge is 0.494 e. The SMILES string of the molecule is CNCC(=O)c1cc2c(c(Cl)c1OC)CCC2. The van der Waals surface area contributed by atoms with Gasteiger partial charge in [0.25, 0.3) is 0 Å². The van der Waals surface area contributed by atoms with E-state index in [1.54, 1.807) is 14.2 Å². The summed E-state index contributed by atoms with van der Waals surface area (Å²) in [6, 6.07) is 1.94. The van der Waals surface area contributed by atoms with Gasteiger partial charge in [0.1, 0.15) is 5.75 Å². The molecule has 3 nitrogen and oxygen atoms in total. The van der Waals surface area contributed by atoms with E-state index in [1.807, 2.05) is 6.07 Å². The molecule has 0 radical (unpaired) electrons. The maximum Gasteiger partial charge on any atom is 0.180 e. The van der Waals surface area contributed by atoms with Crippen molar-refractivity contribution in [1.82, 2.24) is 5.32 Å². The van der Waals surface area contributed by atoms with Gasteiger partial charge in [-0.15, -0.1) is 0 Å². The first-order chi connectivity index (χ1) is 8.19. The van der Waals surface area contributed by atoms with E-state index in [2.05, 4.69) is 5.32 Å². The molecular weight excluding hydrogens is 238 g/mol. The summed E-state index contributed by atoms with van der Waals surface area (Å²) in [5.74, 6) is 0.536. The first-order valence-corrected chi connectivity index (χ1v) is 6.13. The molecule has 1 aliphatic rings. The number of likely N-dealkylation sites (N-methyl/N-ethyl adjacent to an activating group) is 1. The van der Waals surface area contributed by atoms with Crippen LogP contribution in [-0.4, -0.2) is 26.5 Å². The number of ketones is 1. The molecule has 4 heteroatoms. The highest BCUT2D eigenvalue weighted by Gasteiger charge is 2.23. The van der Waals surface area contributed by atoms with E-state index < -0.39 is 0 Å². The molecule has 1 aromatic rings. The van der Waals surface area contributed by atoms with E-state index in [9.17, 15) is 4.79 Å². The van der Waals surface area contributed by atoms with Crippen LogP contribution >= 0.6 is 11.6 Å². The summed E-state index contributed by atoms with van der Waals surface area (Å²) in [7, 11) is 3.30. The minimum atomic E-state index is 0.0148. The van der Waals surface area contributed by atoms with Crippen LogP contribution in [0.2, 0.25) is 5.02 Å². The van der Waals surface area contributed by atoms with Crippen molar-refractivity contribution in [3.63, 3.8) is 0 Å². The van der Waals surface area contributed by atoms with Gasteiger partial charge >= 0.3 is 0 Å². The van der Waals surface area contributed by atoms with Crippen molar-refractivity contribution >= 4 is 17.4 Å². The van der Waals surface area contributed by atoms with E-state index in [4.69, 9.17) is 16.3 Å². The van der Waals surface area contributed by atoms with Crippen LogP contribution in [0, 0.1) is 0 Å². The maximum absolute atomic E-state index is 12.0. The number of benzene rings is 1. The second-order valence-electron chi connectivity index (χ2n) is 4.22. The average molecular weight is 254 g/mol. The zero-order valence-electron chi connectivity index (χ0n) is 10.1. The van der Waals surface area contributed by atoms with E-state index in [0.717, 1.165) is 24.8 Å². The number of rotatable bonds is 4. The zero-order chi connectivity index (χ0) is 12.4. The molecule has 1 N–H and O–H groups in total. The molecule has 0 amide bonds. The van der Waals surface area contributed by atoms with Gasteiger partial charge in [0.2, 0.25) is 0 Å². The molecule has 0 atom stereocenters. The number of hydrogen-bond acceptors (Lipinski definition) is 3. The van der Waals surface area contributed by atoms with Crippen LogP contribution in [-0.2, 0) is 12.8 Å². The third-order valence-corrected chi connectivity index (χ3v) is 3.53. The van der Waals surface area contributed by atoms with Crippen molar-refractivity contribution in [2.24, 2.45) is 0 Å². The number of Topliss-reactive ketones (excluding diaryl/α,β-unsaturated/α-hetero) is 1. The highest BCUT2D eigenvalue weighted by atomic mass is 35.5. The van der Waals surface area contributed by atoms with Gasteiger partial charge in [0.05, 0.1) is 24.2 Å². The second kappa shape index (κ2) is 5.07. The van der Waals surface area contributed by atoms with Crippen LogP contribution in [0.25, 0.3) is 0 Å². The number of nitrogens with one attached hydrogen (secondary N) is 1. The molecule has 0 fully saturated rings. The first-order valence-electron chi connectivity index (χ1n) is 5.75. The van der Waals surface area contributed by atoms with Gasteiger partial charge in [-0.25, -0.2) is 0 Å². The summed E-state index contributed by atoms with van der Waals surface area (Å²) in [6.45, 7) is 0.297. The van der Waals surface area contributed by atoms with Crippen molar-refractivity contribution in [1.29, 1.82) is 0 Å². The Morgan fingerprint density at radius 2 is 2.29 bits per heavy atom. The van der Waals surface area contributed by atoms with E-state index in [-0.39, 0.29) is 5.78 Å². The molecule has 0 heterocycles. The van der Waals surface area contributed by atoms with Crippen LogP contribution in [0.4, 0.5) is 0 Å². The molecule has 0 bridgehead atoms. The summed E-state index contributed by atoms with van der Waals surface area (Å²) in [4.78, 5) is 12.0. The van der Waals surface area contributed by atoms with Crippen molar-refractivity contribution in [2.75, 3.05) is 20.7 Å². The monoisotopic (exact) mass is 253 g/mol. The van der Waals surface area contributed by atoms with Crippen LogP contribution in [0.1, 0.15) is 27.9 Å². The van der Waals surface area contributed by atoms with Crippen molar-refractivity contribution in [3.05, 3.63) is 27.8 Å². The van der Waals surface area contributed by atoms with Gasteiger partial charge in [0.15, 0.2) is 5.78 Å². The van der Waals surface area contributed by atoms with Crippen LogP contribution in [0.5, 0.6) is 5.75 Å². The Morgan fingerprint density at radius 1 is 1.53 bits per heavy atom. The summed E-state index contributed by atoms with van der Waals surface area (Å²) in [6.07, 6.45) is 3.08. The Kier molecular flexibility index (Phi) is 3.69. The molecule has 0 aromatic heterocycles. The topological polar surface area (TPSA) is 38.3 Å². The Bertz CT molecular complexity index is 457. The third-order valence-electron chi connectivity index (χ3n) is 3.13. The molecule has 1 aliphatic carbocycles. The quantitative estimate of drug-likeness (QED) is 0.837. The van der Waals surface area contributed by atoms with Gasteiger partial charge in [-0.3, -0.25) is 4.79 Å². The lowest BCUT2D eigenvalue weighted by atomic mass is 10.0. The highest BCUT2D eigenvalue weighted by molar-refractivity contribution is 6.33. The van der Waals surface area contributed by atoms with Crippen LogP contribution in [0.3, 0.4) is 0 Å².